The molecule has 0 unspecified atom stereocenters. The van der Waals surface area contributed by atoms with Crippen molar-refractivity contribution < 1.29 is 4.74 Å². The van der Waals surface area contributed by atoms with Crippen LogP contribution in [0, 0.1) is 13.8 Å². The lowest BCUT2D eigenvalue weighted by Gasteiger charge is -2.06. The van der Waals surface area contributed by atoms with Crippen LogP contribution >= 0.6 is 11.6 Å². The zero-order chi connectivity index (χ0) is 12.4. The second kappa shape index (κ2) is 4.72. The van der Waals surface area contributed by atoms with Crippen molar-refractivity contribution in [1.29, 1.82) is 0 Å². The van der Waals surface area contributed by atoms with Crippen LogP contribution in [0.15, 0.2) is 24.3 Å². The molecule has 1 aromatic heterocycles. The van der Waals surface area contributed by atoms with E-state index in [9.17, 15) is 0 Å². The third-order valence-corrected chi connectivity index (χ3v) is 3.05. The van der Waals surface area contributed by atoms with Crippen molar-refractivity contribution in [3.05, 3.63) is 40.7 Å². The Kier molecular flexibility index (Phi) is 3.29. The summed E-state index contributed by atoms with van der Waals surface area (Å²) < 4.78 is 5.10. The number of benzene rings is 1. The fourth-order valence-electron chi connectivity index (χ4n) is 1.46. The van der Waals surface area contributed by atoms with Gasteiger partial charge in [0.25, 0.3) is 0 Å². The van der Waals surface area contributed by atoms with E-state index in [1.54, 1.807) is 7.11 Å². The molecule has 0 spiro atoms. The van der Waals surface area contributed by atoms with E-state index in [1.165, 1.54) is 0 Å². The molecule has 0 saturated heterocycles. The topological polar surface area (TPSA) is 35.0 Å². The first-order valence-electron chi connectivity index (χ1n) is 5.27. The molecule has 0 aliphatic carbocycles. The summed E-state index contributed by atoms with van der Waals surface area (Å²) in [7, 11) is 1.64. The summed E-state index contributed by atoms with van der Waals surface area (Å²) in [6.07, 6.45) is 0. The molecule has 0 atom stereocenters. The summed E-state index contributed by atoms with van der Waals surface area (Å²) in [5.74, 6) is 1.45. The van der Waals surface area contributed by atoms with Gasteiger partial charge < -0.3 is 4.74 Å². The fraction of sp³-hybridized carbons (Fsp3) is 0.231. The van der Waals surface area contributed by atoms with Gasteiger partial charge in [-0.1, -0.05) is 11.6 Å². The van der Waals surface area contributed by atoms with Crippen molar-refractivity contribution >= 4 is 11.6 Å². The number of ether oxygens (including phenoxy) is 1. The maximum Gasteiger partial charge on any atom is 0.161 e. The van der Waals surface area contributed by atoms with E-state index in [2.05, 4.69) is 9.97 Å². The highest BCUT2D eigenvalue weighted by atomic mass is 35.5. The standard InChI is InChI=1S/C13H13ClN2O/c1-8-9(2)15-13(16-12(8)14)10-4-6-11(17-3)7-5-10/h4-7H,1-3H3. The van der Waals surface area contributed by atoms with E-state index >= 15 is 0 Å². The average Bonchev–Trinajstić information content (AvgIpc) is 2.35. The van der Waals surface area contributed by atoms with Crippen LogP contribution in [-0.4, -0.2) is 17.1 Å². The molecule has 0 aliphatic rings. The van der Waals surface area contributed by atoms with Crippen LogP contribution in [-0.2, 0) is 0 Å². The Labute approximate surface area is 105 Å². The second-order valence-corrected chi connectivity index (χ2v) is 4.13. The largest absolute Gasteiger partial charge is 0.497 e. The molecule has 0 aliphatic heterocycles. The number of aryl methyl sites for hydroxylation is 1. The third kappa shape index (κ3) is 2.39. The van der Waals surface area contributed by atoms with Gasteiger partial charge in [0, 0.05) is 16.8 Å². The van der Waals surface area contributed by atoms with Gasteiger partial charge in [-0.2, -0.15) is 0 Å². The monoisotopic (exact) mass is 248 g/mol. The normalized spacial score (nSPS) is 10.4. The van der Waals surface area contributed by atoms with Crippen LogP contribution in [0.1, 0.15) is 11.3 Å². The van der Waals surface area contributed by atoms with Gasteiger partial charge in [0.15, 0.2) is 5.82 Å². The molecule has 3 nitrogen and oxygen atoms in total. The maximum absolute atomic E-state index is 6.05. The molecule has 1 heterocycles. The maximum atomic E-state index is 6.05. The Balaban J connectivity index is 2.45. The highest BCUT2D eigenvalue weighted by molar-refractivity contribution is 6.30. The molecule has 0 radical (unpaired) electrons. The van der Waals surface area contributed by atoms with Crippen LogP contribution in [0.3, 0.4) is 0 Å². The number of halogens is 1. The first-order chi connectivity index (χ1) is 8.11. The highest BCUT2D eigenvalue weighted by Crippen LogP contribution is 2.23. The van der Waals surface area contributed by atoms with Gasteiger partial charge in [-0.25, -0.2) is 9.97 Å². The van der Waals surface area contributed by atoms with Gasteiger partial charge in [-0.3, -0.25) is 0 Å². The molecular weight excluding hydrogens is 236 g/mol. The Morgan fingerprint density at radius 3 is 2.24 bits per heavy atom. The van der Waals surface area contributed by atoms with Crippen molar-refractivity contribution in [2.75, 3.05) is 7.11 Å². The number of nitrogens with zero attached hydrogens (tertiary/aromatic N) is 2. The van der Waals surface area contributed by atoms with Crippen molar-refractivity contribution in [2.45, 2.75) is 13.8 Å². The van der Waals surface area contributed by atoms with E-state index < -0.39 is 0 Å². The Morgan fingerprint density at radius 1 is 1.06 bits per heavy atom. The van der Waals surface area contributed by atoms with Crippen LogP contribution in [0.25, 0.3) is 11.4 Å². The number of aromatic nitrogens is 2. The summed E-state index contributed by atoms with van der Waals surface area (Å²) in [6.45, 7) is 3.84. The van der Waals surface area contributed by atoms with Crippen LogP contribution < -0.4 is 4.74 Å². The van der Waals surface area contributed by atoms with E-state index in [-0.39, 0.29) is 0 Å². The Morgan fingerprint density at radius 2 is 1.71 bits per heavy atom. The molecular formula is C13H13ClN2O. The van der Waals surface area contributed by atoms with Crippen molar-refractivity contribution in [3.8, 4) is 17.1 Å². The number of hydrogen-bond donors (Lipinski definition) is 0. The lowest BCUT2D eigenvalue weighted by Crippen LogP contribution is -1.96. The molecule has 17 heavy (non-hydrogen) atoms. The van der Waals surface area contributed by atoms with Gasteiger partial charge in [-0.05, 0) is 38.1 Å². The van der Waals surface area contributed by atoms with Crippen molar-refractivity contribution in [1.82, 2.24) is 9.97 Å². The predicted octanol–water partition coefficient (Wildman–Crippen LogP) is 3.42. The number of methoxy groups -OCH3 is 1. The van der Waals surface area contributed by atoms with Gasteiger partial charge in [0.2, 0.25) is 0 Å². The molecule has 0 saturated carbocycles. The summed E-state index contributed by atoms with van der Waals surface area (Å²) in [5.41, 5.74) is 2.75. The fourth-order valence-corrected chi connectivity index (χ4v) is 1.68. The van der Waals surface area contributed by atoms with E-state index in [0.29, 0.717) is 11.0 Å². The SMILES string of the molecule is COc1ccc(-c2nc(C)c(C)c(Cl)n2)cc1. The first kappa shape index (κ1) is 11.9. The third-order valence-electron chi connectivity index (χ3n) is 2.68. The van der Waals surface area contributed by atoms with Gasteiger partial charge in [0.05, 0.1) is 7.11 Å². The minimum Gasteiger partial charge on any atom is -0.497 e. The molecule has 88 valence electrons. The molecule has 1 aromatic carbocycles. The molecule has 0 fully saturated rings. The van der Waals surface area contributed by atoms with E-state index in [1.807, 2.05) is 38.1 Å². The zero-order valence-electron chi connectivity index (χ0n) is 9.99. The smallest absolute Gasteiger partial charge is 0.161 e. The van der Waals surface area contributed by atoms with Gasteiger partial charge in [-0.15, -0.1) is 0 Å². The molecule has 0 N–H and O–H groups in total. The summed E-state index contributed by atoms with van der Waals surface area (Å²) in [5, 5.41) is 0.503. The molecule has 2 rings (SSSR count). The zero-order valence-corrected chi connectivity index (χ0v) is 10.7. The van der Waals surface area contributed by atoms with Crippen LogP contribution in [0.4, 0.5) is 0 Å². The number of hydrogen-bond acceptors (Lipinski definition) is 3. The highest BCUT2D eigenvalue weighted by Gasteiger charge is 2.07. The van der Waals surface area contributed by atoms with Gasteiger partial charge >= 0.3 is 0 Å². The quantitative estimate of drug-likeness (QED) is 0.764. The minimum atomic E-state index is 0.503. The van der Waals surface area contributed by atoms with Crippen LogP contribution in [0.2, 0.25) is 5.15 Å². The van der Waals surface area contributed by atoms with Crippen LogP contribution in [0.5, 0.6) is 5.75 Å². The number of rotatable bonds is 2. The Bertz CT molecular complexity index is 515. The average molecular weight is 249 g/mol. The molecule has 4 heteroatoms. The summed E-state index contributed by atoms with van der Waals surface area (Å²) in [4.78, 5) is 8.70. The lowest BCUT2D eigenvalue weighted by molar-refractivity contribution is 0.415. The van der Waals surface area contributed by atoms with Crippen molar-refractivity contribution in [2.24, 2.45) is 0 Å². The summed E-state index contributed by atoms with van der Waals surface area (Å²) >= 11 is 6.05. The minimum absolute atomic E-state index is 0.503. The van der Waals surface area contributed by atoms with Crippen molar-refractivity contribution in [3.63, 3.8) is 0 Å². The van der Waals surface area contributed by atoms with E-state index in [0.717, 1.165) is 22.6 Å². The molecule has 0 bridgehead atoms. The van der Waals surface area contributed by atoms with E-state index in [4.69, 9.17) is 16.3 Å². The lowest BCUT2D eigenvalue weighted by atomic mass is 10.2. The second-order valence-electron chi connectivity index (χ2n) is 3.78. The summed E-state index contributed by atoms with van der Waals surface area (Å²) in [6, 6.07) is 7.59. The first-order valence-corrected chi connectivity index (χ1v) is 5.65. The van der Waals surface area contributed by atoms with Gasteiger partial charge in [0.1, 0.15) is 10.9 Å². The Hall–Kier alpha value is -1.61. The predicted molar refractivity (Wildman–Crippen MR) is 68.5 cm³/mol. The molecule has 0 amide bonds. The molecule has 2 aromatic rings.